The number of imidazole rings is 1. The molecule has 4 heteroatoms. The van der Waals surface area contributed by atoms with Crippen molar-refractivity contribution in [3.8, 4) is 6.07 Å². The van der Waals surface area contributed by atoms with Crippen molar-refractivity contribution in [2.75, 3.05) is 0 Å². The molecule has 0 aliphatic rings. The average Bonchev–Trinajstić information content (AvgIpc) is 3.09. The van der Waals surface area contributed by atoms with E-state index in [-0.39, 0.29) is 6.54 Å². The Morgan fingerprint density at radius 3 is 2.54 bits per heavy atom. The lowest BCUT2D eigenvalue weighted by Crippen LogP contribution is -2.27. The Morgan fingerprint density at radius 1 is 1.15 bits per heavy atom. The number of aromatic nitrogens is 2. The van der Waals surface area contributed by atoms with Crippen LogP contribution in [-0.2, 0) is 6.54 Å². The lowest BCUT2D eigenvalue weighted by Gasteiger charge is -2.10. The van der Waals surface area contributed by atoms with Crippen LogP contribution in [0.25, 0.3) is 11.5 Å². The zero-order chi connectivity index (χ0) is 18.4. The summed E-state index contributed by atoms with van der Waals surface area (Å²) < 4.78 is 1.85. The van der Waals surface area contributed by atoms with Gasteiger partial charge in [0, 0.05) is 12.4 Å². The van der Waals surface area contributed by atoms with Gasteiger partial charge in [-0.15, -0.1) is 0 Å². The molecule has 1 aromatic heterocycles. The van der Waals surface area contributed by atoms with Gasteiger partial charge in [-0.2, -0.15) is 5.26 Å². The standard InChI is InChI=1S/C22H21BN3/c1-17(2)19-10-8-18(9-11-19)16-21(20-6-4-3-5-7-20)23-22-25-13-15-26(22)14-12-24/h3-11,13,15-17H,14H2,1-2H3. The molecule has 0 aliphatic carbocycles. The third-order valence-electron chi connectivity index (χ3n) is 4.31. The molecule has 1 heterocycles. The van der Waals surface area contributed by atoms with E-state index < -0.39 is 0 Å². The zero-order valence-electron chi connectivity index (χ0n) is 15.1. The van der Waals surface area contributed by atoms with E-state index in [1.54, 1.807) is 6.20 Å². The van der Waals surface area contributed by atoms with Gasteiger partial charge in [-0.1, -0.05) is 80.0 Å². The molecule has 2 aromatic carbocycles. The fourth-order valence-electron chi connectivity index (χ4n) is 2.81. The Labute approximate surface area is 155 Å². The Bertz CT molecular complexity index is 916. The summed E-state index contributed by atoms with van der Waals surface area (Å²) in [4.78, 5) is 4.39. The van der Waals surface area contributed by atoms with Gasteiger partial charge in [-0.25, -0.2) is 0 Å². The number of nitriles is 1. The molecule has 26 heavy (non-hydrogen) atoms. The van der Waals surface area contributed by atoms with E-state index in [1.807, 2.05) is 36.2 Å². The van der Waals surface area contributed by atoms with Gasteiger partial charge in [0.25, 0.3) is 0 Å². The summed E-state index contributed by atoms with van der Waals surface area (Å²) >= 11 is 0. The second kappa shape index (κ2) is 8.35. The summed E-state index contributed by atoms with van der Waals surface area (Å²) in [5.74, 6) is 0.520. The smallest absolute Gasteiger partial charge is 0.241 e. The number of hydrogen-bond donors (Lipinski definition) is 0. The highest BCUT2D eigenvalue weighted by Gasteiger charge is 2.11. The Morgan fingerprint density at radius 2 is 1.88 bits per heavy atom. The van der Waals surface area contributed by atoms with Crippen molar-refractivity contribution in [3.05, 3.63) is 83.7 Å². The van der Waals surface area contributed by atoms with E-state index in [2.05, 4.69) is 67.4 Å². The lowest BCUT2D eigenvalue weighted by atomic mass is 9.65. The molecule has 0 amide bonds. The molecule has 0 spiro atoms. The molecule has 3 rings (SSSR count). The van der Waals surface area contributed by atoms with Crippen LogP contribution in [0.5, 0.6) is 0 Å². The van der Waals surface area contributed by atoms with Gasteiger partial charge in [-0.05, 0) is 22.6 Å². The summed E-state index contributed by atoms with van der Waals surface area (Å²) in [6.07, 6.45) is 5.71. The molecule has 3 nitrogen and oxygen atoms in total. The van der Waals surface area contributed by atoms with Crippen molar-refractivity contribution in [2.24, 2.45) is 0 Å². The maximum absolute atomic E-state index is 8.99. The molecule has 1 radical (unpaired) electrons. The summed E-state index contributed by atoms with van der Waals surface area (Å²) in [6, 6.07) is 21.1. The molecule has 127 valence electrons. The van der Waals surface area contributed by atoms with E-state index in [0.717, 1.165) is 22.3 Å². The highest BCUT2D eigenvalue weighted by atomic mass is 15.0. The van der Waals surface area contributed by atoms with Gasteiger partial charge < -0.3 is 4.57 Å². The third kappa shape index (κ3) is 4.31. The maximum Gasteiger partial charge on any atom is 0.241 e. The van der Waals surface area contributed by atoms with Crippen LogP contribution in [0.3, 0.4) is 0 Å². The van der Waals surface area contributed by atoms with Crippen molar-refractivity contribution in [1.82, 2.24) is 9.55 Å². The highest BCUT2D eigenvalue weighted by Crippen LogP contribution is 2.20. The second-order valence-electron chi connectivity index (χ2n) is 6.50. The van der Waals surface area contributed by atoms with E-state index in [0.29, 0.717) is 5.92 Å². The molecule has 0 saturated heterocycles. The van der Waals surface area contributed by atoms with Crippen LogP contribution in [0.1, 0.15) is 36.5 Å². The van der Waals surface area contributed by atoms with Crippen LogP contribution in [0.4, 0.5) is 0 Å². The van der Waals surface area contributed by atoms with E-state index in [4.69, 9.17) is 5.26 Å². The Hall–Kier alpha value is -3.06. The molecule has 0 atom stereocenters. The maximum atomic E-state index is 8.99. The fraction of sp³-hybridized carbons (Fsp3) is 0.182. The van der Waals surface area contributed by atoms with E-state index in [9.17, 15) is 0 Å². The van der Waals surface area contributed by atoms with Crippen molar-refractivity contribution in [1.29, 1.82) is 5.26 Å². The number of hydrogen-bond acceptors (Lipinski definition) is 2. The van der Waals surface area contributed by atoms with Crippen molar-refractivity contribution in [2.45, 2.75) is 26.3 Å². The van der Waals surface area contributed by atoms with Gasteiger partial charge in [0.2, 0.25) is 7.28 Å². The van der Waals surface area contributed by atoms with Crippen LogP contribution in [-0.4, -0.2) is 16.8 Å². The minimum Gasteiger partial charge on any atom is -0.329 e. The predicted molar refractivity (Wildman–Crippen MR) is 108 cm³/mol. The van der Waals surface area contributed by atoms with Crippen LogP contribution >= 0.6 is 0 Å². The van der Waals surface area contributed by atoms with E-state index in [1.165, 1.54) is 5.56 Å². The topological polar surface area (TPSA) is 41.6 Å². The third-order valence-corrected chi connectivity index (χ3v) is 4.31. The molecule has 0 aliphatic heterocycles. The SMILES string of the molecule is CC(C)c1ccc(C=C([B]c2nccn2CC#N)c2ccccc2)cc1. The minimum absolute atomic E-state index is 0.289. The molecule has 0 saturated carbocycles. The average molecular weight is 338 g/mol. The van der Waals surface area contributed by atoms with Crippen LogP contribution in [0, 0.1) is 11.3 Å². The molecule has 0 N–H and O–H groups in total. The molecular weight excluding hydrogens is 317 g/mol. The predicted octanol–water partition coefficient (Wildman–Crippen LogP) is 4.06. The first-order chi connectivity index (χ1) is 12.7. The van der Waals surface area contributed by atoms with Crippen LogP contribution < -0.4 is 5.72 Å². The summed E-state index contributed by atoms with van der Waals surface area (Å²) in [6.45, 7) is 4.68. The van der Waals surface area contributed by atoms with Crippen molar-refractivity contribution < 1.29 is 0 Å². The Balaban J connectivity index is 1.96. The monoisotopic (exact) mass is 338 g/mol. The van der Waals surface area contributed by atoms with Crippen LogP contribution in [0.15, 0.2) is 67.0 Å². The minimum atomic E-state index is 0.289. The van der Waals surface area contributed by atoms with Gasteiger partial charge in [0.05, 0.1) is 11.8 Å². The summed E-state index contributed by atoms with van der Waals surface area (Å²) in [5.41, 5.74) is 5.43. The van der Waals surface area contributed by atoms with E-state index >= 15 is 0 Å². The first-order valence-corrected chi connectivity index (χ1v) is 8.77. The highest BCUT2D eigenvalue weighted by molar-refractivity contribution is 6.73. The normalized spacial score (nSPS) is 11.4. The first-order valence-electron chi connectivity index (χ1n) is 8.77. The molecular formula is C22H21BN3. The van der Waals surface area contributed by atoms with Crippen molar-refractivity contribution >= 4 is 24.6 Å². The van der Waals surface area contributed by atoms with Gasteiger partial charge >= 0.3 is 0 Å². The van der Waals surface area contributed by atoms with Crippen LogP contribution in [0.2, 0.25) is 0 Å². The van der Waals surface area contributed by atoms with Gasteiger partial charge in [0.1, 0.15) is 6.54 Å². The fourth-order valence-corrected chi connectivity index (χ4v) is 2.81. The number of nitrogens with zero attached hydrogens (tertiary/aromatic N) is 3. The molecule has 0 bridgehead atoms. The summed E-state index contributed by atoms with van der Waals surface area (Å²) in [7, 11) is 2.03. The van der Waals surface area contributed by atoms with Gasteiger partial charge in [0.15, 0.2) is 0 Å². The summed E-state index contributed by atoms with van der Waals surface area (Å²) in [5, 5.41) is 8.99. The molecule has 3 aromatic rings. The second-order valence-corrected chi connectivity index (χ2v) is 6.50. The van der Waals surface area contributed by atoms with Crippen molar-refractivity contribution in [3.63, 3.8) is 0 Å². The quantitative estimate of drug-likeness (QED) is 0.502. The van der Waals surface area contributed by atoms with Gasteiger partial charge in [-0.3, -0.25) is 4.98 Å². The number of rotatable bonds is 6. The Kier molecular flexibility index (Phi) is 5.71. The molecule has 0 fully saturated rings. The zero-order valence-corrected chi connectivity index (χ0v) is 15.1. The number of benzene rings is 2. The molecule has 0 unspecified atom stereocenters. The lowest BCUT2D eigenvalue weighted by molar-refractivity contribution is 0.859. The first kappa shape index (κ1) is 17.8. The largest absolute Gasteiger partial charge is 0.329 e.